The lowest BCUT2D eigenvalue weighted by molar-refractivity contribution is -0.118. The molecule has 0 unspecified atom stereocenters. The van der Waals surface area contributed by atoms with Gasteiger partial charge in [0.2, 0.25) is 5.91 Å². The number of nitrogens with zero attached hydrogens (tertiary/aromatic N) is 1. The summed E-state index contributed by atoms with van der Waals surface area (Å²) in [7, 11) is 0. The summed E-state index contributed by atoms with van der Waals surface area (Å²) in [5, 5.41) is 2.73. The highest BCUT2D eigenvalue weighted by Crippen LogP contribution is 2.10. The van der Waals surface area contributed by atoms with E-state index in [1.165, 1.54) is 6.92 Å². The third kappa shape index (κ3) is 5.32. The number of aromatic nitrogens is 1. The SMILES string of the molecule is CC(=O)NCCC=Cc1cncc(Br)c1. The van der Waals surface area contributed by atoms with Gasteiger partial charge in [-0.25, -0.2) is 0 Å². The molecule has 0 bridgehead atoms. The van der Waals surface area contributed by atoms with Gasteiger partial charge in [0.1, 0.15) is 0 Å². The third-order valence-corrected chi connectivity index (χ3v) is 2.15. The molecule has 4 heteroatoms. The Morgan fingerprint density at radius 3 is 3.07 bits per heavy atom. The number of amides is 1. The first-order chi connectivity index (χ1) is 7.18. The molecule has 0 fully saturated rings. The molecule has 0 spiro atoms. The molecule has 15 heavy (non-hydrogen) atoms. The van der Waals surface area contributed by atoms with Crippen molar-refractivity contribution in [2.75, 3.05) is 6.54 Å². The van der Waals surface area contributed by atoms with Gasteiger partial charge in [-0.1, -0.05) is 12.2 Å². The number of carbonyl (C=O) groups is 1. The summed E-state index contributed by atoms with van der Waals surface area (Å²) in [4.78, 5) is 14.6. The molecule has 1 aromatic rings. The zero-order valence-electron chi connectivity index (χ0n) is 8.53. The van der Waals surface area contributed by atoms with Crippen LogP contribution in [0.3, 0.4) is 0 Å². The fourth-order valence-electron chi connectivity index (χ4n) is 1.07. The quantitative estimate of drug-likeness (QED) is 0.853. The Balaban J connectivity index is 2.35. The first-order valence-electron chi connectivity index (χ1n) is 4.70. The lowest BCUT2D eigenvalue weighted by Crippen LogP contribution is -2.20. The van der Waals surface area contributed by atoms with Crippen LogP contribution in [-0.4, -0.2) is 17.4 Å². The van der Waals surface area contributed by atoms with E-state index in [1.54, 1.807) is 12.4 Å². The number of rotatable bonds is 4. The number of carbonyl (C=O) groups excluding carboxylic acids is 1. The van der Waals surface area contributed by atoms with Crippen LogP contribution in [0.5, 0.6) is 0 Å². The molecular formula is C11H13BrN2O. The van der Waals surface area contributed by atoms with Gasteiger partial charge in [-0.05, 0) is 34.0 Å². The summed E-state index contributed by atoms with van der Waals surface area (Å²) in [5.74, 6) is 0.00697. The van der Waals surface area contributed by atoms with Gasteiger partial charge in [-0.15, -0.1) is 0 Å². The maximum absolute atomic E-state index is 10.6. The van der Waals surface area contributed by atoms with Crippen molar-refractivity contribution in [2.45, 2.75) is 13.3 Å². The van der Waals surface area contributed by atoms with E-state index in [1.807, 2.05) is 18.2 Å². The molecule has 0 saturated carbocycles. The predicted octanol–water partition coefficient (Wildman–Crippen LogP) is 2.38. The van der Waals surface area contributed by atoms with Gasteiger partial charge in [-0.3, -0.25) is 9.78 Å². The van der Waals surface area contributed by atoms with E-state index >= 15 is 0 Å². The van der Waals surface area contributed by atoms with E-state index in [4.69, 9.17) is 0 Å². The van der Waals surface area contributed by atoms with E-state index < -0.39 is 0 Å². The molecule has 0 radical (unpaired) electrons. The summed E-state index contributed by atoms with van der Waals surface area (Å²) in [6.45, 7) is 2.19. The summed E-state index contributed by atoms with van der Waals surface area (Å²) in [6.07, 6.45) is 8.36. The second-order valence-electron chi connectivity index (χ2n) is 3.11. The molecule has 0 aromatic carbocycles. The molecule has 1 rings (SSSR count). The highest BCUT2D eigenvalue weighted by molar-refractivity contribution is 9.10. The Labute approximate surface area is 97.7 Å². The van der Waals surface area contributed by atoms with Gasteiger partial charge in [0, 0.05) is 30.3 Å². The standard InChI is InChI=1S/C11H13BrN2O/c1-9(15)14-5-3-2-4-10-6-11(12)8-13-7-10/h2,4,6-8H,3,5H2,1H3,(H,14,15). The van der Waals surface area contributed by atoms with Crippen LogP contribution in [0.1, 0.15) is 18.9 Å². The van der Waals surface area contributed by atoms with Crippen LogP contribution in [0.4, 0.5) is 0 Å². The molecule has 1 N–H and O–H groups in total. The lowest BCUT2D eigenvalue weighted by atomic mass is 10.2. The van der Waals surface area contributed by atoms with Crippen LogP contribution in [0.15, 0.2) is 29.0 Å². The Bertz CT molecular complexity index is 363. The Kier molecular flexibility index (Phi) is 5.04. The first-order valence-corrected chi connectivity index (χ1v) is 5.49. The average molecular weight is 269 g/mol. The van der Waals surface area contributed by atoms with Crippen LogP contribution < -0.4 is 5.32 Å². The molecule has 0 aliphatic heterocycles. The van der Waals surface area contributed by atoms with Crippen LogP contribution >= 0.6 is 15.9 Å². The number of hydrogen-bond acceptors (Lipinski definition) is 2. The second kappa shape index (κ2) is 6.35. The molecular weight excluding hydrogens is 256 g/mol. The smallest absolute Gasteiger partial charge is 0.216 e. The number of pyridine rings is 1. The van der Waals surface area contributed by atoms with Gasteiger partial charge in [0.05, 0.1) is 0 Å². The average Bonchev–Trinajstić information content (AvgIpc) is 2.17. The van der Waals surface area contributed by atoms with Gasteiger partial charge >= 0.3 is 0 Å². The lowest BCUT2D eigenvalue weighted by Gasteiger charge is -1.97. The zero-order valence-corrected chi connectivity index (χ0v) is 10.1. The van der Waals surface area contributed by atoms with Crippen molar-refractivity contribution in [1.82, 2.24) is 10.3 Å². The van der Waals surface area contributed by atoms with Gasteiger partial charge in [0.25, 0.3) is 0 Å². The minimum Gasteiger partial charge on any atom is -0.356 e. The molecule has 0 atom stereocenters. The van der Waals surface area contributed by atoms with Gasteiger partial charge in [-0.2, -0.15) is 0 Å². The minimum absolute atomic E-state index is 0.00697. The topological polar surface area (TPSA) is 42.0 Å². The van der Waals surface area contributed by atoms with Crippen molar-refractivity contribution in [2.24, 2.45) is 0 Å². The third-order valence-electron chi connectivity index (χ3n) is 1.72. The van der Waals surface area contributed by atoms with E-state index in [0.717, 1.165) is 16.5 Å². The Morgan fingerprint density at radius 1 is 1.60 bits per heavy atom. The summed E-state index contributed by atoms with van der Waals surface area (Å²) >= 11 is 3.35. The highest BCUT2D eigenvalue weighted by atomic mass is 79.9. The second-order valence-corrected chi connectivity index (χ2v) is 4.03. The monoisotopic (exact) mass is 268 g/mol. The van der Waals surface area contributed by atoms with E-state index in [0.29, 0.717) is 6.54 Å². The normalized spacial score (nSPS) is 10.5. The molecule has 80 valence electrons. The Morgan fingerprint density at radius 2 is 2.40 bits per heavy atom. The Hall–Kier alpha value is -1.16. The molecule has 3 nitrogen and oxygen atoms in total. The number of halogens is 1. The maximum Gasteiger partial charge on any atom is 0.216 e. The van der Waals surface area contributed by atoms with Crippen LogP contribution in [-0.2, 0) is 4.79 Å². The predicted molar refractivity (Wildman–Crippen MR) is 64.3 cm³/mol. The summed E-state index contributed by atoms with van der Waals surface area (Å²) in [5.41, 5.74) is 1.05. The van der Waals surface area contributed by atoms with Gasteiger partial charge < -0.3 is 5.32 Å². The summed E-state index contributed by atoms with van der Waals surface area (Å²) < 4.78 is 0.964. The largest absolute Gasteiger partial charge is 0.356 e. The highest BCUT2D eigenvalue weighted by Gasteiger charge is 1.90. The molecule has 1 aromatic heterocycles. The van der Waals surface area contributed by atoms with Crippen molar-refractivity contribution in [3.05, 3.63) is 34.6 Å². The molecule has 0 saturated heterocycles. The van der Waals surface area contributed by atoms with Gasteiger partial charge in [0.15, 0.2) is 0 Å². The minimum atomic E-state index is 0.00697. The van der Waals surface area contributed by atoms with E-state index in [-0.39, 0.29) is 5.91 Å². The number of hydrogen-bond donors (Lipinski definition) is 1. The maximum atomic E-state index is 10.6. The van der Waals surface area contributed by atoms with Crippen molar-refractivity contribution in [1.29, 1.82) is 0 Å². The number of nitrogens with one attached hydrogen (secondary N) is 1. The first kappa shape index (κ1) is 11.9. The van der Waals surface area contributed by atoms with Crippen molar-refractivity contribution < 1.29 is 4.79 Å². The summed E-state index contributed by atoms with van der Waals surface area (Å²) in [6, 6.07) is 1.99. The van der Waals surface area contributed by atoms with E-state index in [9.17, 15) is 4.79 Å². The van der Waals surface area contributed by atoms with Crippen LogP contribution in [0.25, 0.3) is 6.08 Å². The van der Waals surface area contributed by atoms with Crippen LogP contribution in [0.2, 0.25) is 0 Å². The van der Waals surface area contributed by atoms with Crippen molar-refractivity contribution in [3.8, 4) is 0 Å². The molecule has 1 heterocycles. The van der Waals surface area contributed by atoms with Crippen LogP contribution in [0, 0.1) is 0 Å². The zero-order chi connectivity index (χ0) is 11.1. The van der Waals surface area contributed by atoms with Crippen molar-refractivity contribution in [3.63, 3.8) is 0 Å². The molecule has 0 aliphatic carbocycles. The fourth-order valence-corrected chi connectivity index (χ4v) is 1.45. The fraction of sp³-hybridized carbons (Fsp3) is 0.273. The van der Waals surface area contributed by atoms with Crippen molar-refractivity contribution >= 4 is 27.9 Å². The molecule has 1 amide bonds. The van der Waals surface area contributed by atoms with E-state index in [2.05, 4.69) is 26.2 Å². The molecule has 0 aliphatic rings.